The summed E-state index contributed by atoms with van der Waals surface area (Å²) in [5, 5.41) is 14.1. The van der Waals surface area contributed by atoms with Gasteiger partial charge < -0.3 is 14.6 Å². The van der Waals surface area contributed by atoms with E-state index >= 15 is 0 Å². The van der Waals surface area contributed by atoms with E-state index < -0.39 is 5.97 Å². The summed E-state index contributed by atoms with van der Waals surface area (Å²) in [7, 11) is 1.55. The Balaban J connectivity index is 1.65. The van der Waals surface area contributed by atoms with Crippen molar-refractivity contribution in [3.8, 4) is 11.5 Å². The standard InChI is InChI=1S/C28H25BrIN3O5/c1-4-16(2)26-32-23-10-9-20(29)13-21(23)27(34)33(26)31-14-18-11-22(30)25(24(12-18)37-3)38-15-17-5-7-19(8-6-17)28(35)36/h5-14,16H,4,15H2,1-3H3,(H,35,36)/t16-/m0/s1. The second-order valence-corrected chi connectivity index (χ2v) is 10.7. The number of carboxylic acids is 1. The molecule has 3 aromatic carbocycles. The Labute approximate surface area is 241 Å². The highest BCUT2D eigenvalue weighted by Gasteiger charge is 2.16. The summed E-state index contributed by atoms with van der Waals surface area (Å²) in [6.07, 6.45) is 2.42. The number of halogens is 2. The SMILES string of the molecule is CC[C@H](C)c1nc2ccc(Br)cc2c(=O)n1N=Cc1cc(I)c(OCc2ccc(C(=O)O)cc2)c(OC)c1. The molecule has 0 unspecified atom stereocenters. The number of aromatic nitrogens is 2. The van der Waals surface area contributed by atoms with E-state index in [9.17, 15) is 9.59 Å². The monoisotopic (exact) mass is 689 g/mol. The van der Waals surface area contributed by atoms with Crippen molar-refractivity contribution >= 4 is 61.6 Å². The summed E-state index contributed by atoms with van der Waals surface area (Å²) in [6.45, 7) is 4.31. The molecule has 0 fully saturated rings. The first kappa shape index (κ1) is 27.8. The number of hydrogen-bond acceptors (Lipinski definition) is 6. The summed E-state index contributed by atoms with van der Waals surface area (Å²) in [5.74, 6) is 0.719. The first-order valence-electron chi connectivity index (χ1n) is 11.8. The van der Waals surface area contributed by atoms with Gasteiger partial charge in [-0.25, -0.2) is 9.78 Å². The maximum Gasteiger partial charge on any atom is 0.335 e. The highest BCUT2D eigenvalue weighted by atomic mass is 127. The van der Waals surface area contributed by atoms with Gasteiger partial charge in [0, 0.05) is 10.4 Å². The number of hydrogen-bond donors (Lipinski definition) is 1. The van der Waals surface area contributed by atoms with E-state index in [0.29, 0.717) is 28.2 Å². The number of aromatic carboxylic acids is 1. The minimum absolute atomic E-state index is 0.0305. The zero-order valence-corrected chi connectivity index (χ0v) is 24.7. The van der Waals surface area contributed by atoms with Crippen molar-refractivity contribution in [2.45, 2.75) is 32.8 Å². The van der Waals surface area contributed by atoms with Crippen LogP contribution in [0.2, 0.25) is 0 Å². The van der Waals surface area contributed by atoms with Gasteiger partial charge in [0.2, 0.25) is 0 Å². The van der Waals surface area contributed by atoms with Gasteiger partial charge in [-0.15, -0.1) is 0 Å². The second kappa shape index (κ2) is 12.1. The van der Waals surface area contributed by atoms with Crippen LogP contribution in [0.3, 0.4) is 0 Å². The van der Waals surface area contributed by atoms with E-state index in [1.54, 1.807) is 49.7 Å². The molecule has 0 aliphatic carbocycles. The third kappa shape index (κ3) is 6.07. The minimum atomic E-state index is -0.975. The van der Waals surface area contributed by atoms with Gasteiger partial charge in [-0.2, -0.15) is 9.78 Å². The zero-order valence-electron chi connectivity index (χ0n) is 20.9. The first-order chi connectivity index (χ1) is 18.2. The van der Waals surface area contributed by atoms with Crippen LogP contribution >= 0.6 is 38.5 Å². The normalized spacial score (nSPS) is 12.1. The van der Waals surface area contributed by atoms with Crippen molar-refractivity contribution in [1.82, 2.24) is 9.66 Å². The van der Waals surface area contributed by atoms with Gasteiger partial charge in [-0.05, 0) is 82.6 Å². The molecule has 10 heteroatoms. The van der Waals surface area contributed by atoms with Crippen molar-refractivity contribution in [2.75, 3.05) is 7.11 Å². The molecule has 4 aromatic rings. The average Bonchev–Trinajstić information content (AvgIpc) is 2.91. The first-order valence-corrected chi connectivity index (χ1v) is 13.7. The smallest absolute Gasteiger partial charge is 0.335 e. The van der Waals surface area contributed by atoms with Gasteiger partial charge in [-0.3, -0.25) is 4.79 Å². The van der Waals surface area contributed by atoms with E-state index in [0.717, 1.165) is 25.6 Å². The van der Waals surface area contributed by atoms with Crippen LogP contribution in [-0.4, -0.2) is 34.1 Å². The van der Waals surface area contributed by atoms with Gasteiger partial charge in [0.05, 0.1) is 33.4 Å². The molecule has 4 rings (SSSR count). The van der Waals surface area contributed by atoms with Crippen LogP contribution in [0.15, 0.2) is 69.0 Å². The van der Waals surface area contributed by atoms with Crippen LogP contribution < -0.4 is 15.0 Å². The lowest BCUT2D eigenvalue weighted by Crippen LogP contribution is -2.23. The summed E-state index contributed by atoms with van der Waals surface area (Å²) in [5.41, 5.74) is 2.16. The Morgan fingerprint density at radius 3 is 2.61 bits per heavy atom. The minimum Gasteiger partial charge on any atom is -0.493 e. The summed E-state index contributed by atoms with van der Waals surface area (Å²) < 4.78 is 14.5. The Hall–Kier alpha value is -3.25. The van der Waals surface area contributed by atoms with E-state index in [1.807, 2.05) is 32.0 Å². The molecule has 0 aliphatic heterocycles. The molecule has 196 valence electrons. The molecule has 0 amide bonds. The summed E-state index contributed by atoms with van der Waals surface area (Å²) >= 11 is 5.59. The number of nitrogens with zero attached hydrogens (tertiary/aromatic N) is 3. The highest BCUT2D eigenvalue weighted by Crippen LogP contribution is 2.34. The maximum absolute atomic E-state index is 13.4. The zero-order chi connectivity index (χ0) is 27.4. The van der Waals surface area contributed by atoms with Gasteiger partial charge in [0.15, 0.2) is 11.5 Å². The molecule has 1 atom stereocenters. The average molecular weight is 690 g/mol. The van der Waals surface area contributed by atoms with Crippen molar-refractivity contribution in [1.29, 1.82) is 0 Å². The van der Waals surface area contributed by atoms with Gasteiger partial charge in [0.25, 0.3) is 5.56 Å². The molecule has 1 heterocycles. The Kier molecular flexibility index (Phi) is 8.83. The largest absolute Gasteiger partial charge is 0.493 e. The Morgan fingerprint density at radius 1 is 1.21 bits per heavy atom. The fourth-order valence-electron chi connectivity index (χ4n) is 3.76. The molecule has 1 N–H and O–H groups in total. The van der Waals surface area contributed by atoms with Gasteiger partial charge >= 0.3 is 5.97 Å². The lowest BCUT2D eigenvalue weighted by Gasteiger charge is -2.15. The number of fused-ring (bicyclic) bond motifs is 1. The van der Waals surface area contributed by atoms with Crippen molar-refractivity contribution in [3.63, 3.8) is 0 Å². The number of rotatable bonds is 9. The second-order valence-electron chi connectivity index (χ2n) is 8.63. The van der Waals surface area contributed by atoms with Crippen LogP contribution in [0.5, 0.6) is 11.5 Å². The fraction of sp³-hybridized carbons (Fsp3) is 0.214. The third-order valence-electron chi connectivity index (χ3n) is 6.04. The third-order valence-corrected chi connectivity index (χ3v) is 7.34. The fourth-order valence-corrected chi connectivity index (χ4v) is 4.90. The van der Waals surface area contributed by atoms with Crippen molar-refractivity contribution in [2.24, 2.45) is 5.10 Å². The molecule has 8 nitrogen and oxygen atoms in total. The molecule has 0 spiro atoms. The van der Waals surface area contributed by atoms with Crippen molar-refractivity contribution in [3.05, 3.63) is 95.5 Å². The number of methoxy groups -OCH3 is 1. The molecule has 38 heavy (non-hydrogen) atoms. The van der Waals surface area contributed by atoms with E-state index in [1.165, 1.54) is 4.68 Å². The van der Waals surface area contributed by atoms with Crippen LogP contribution in [-0.2, 0) is 6.61 Å². The maximum atomic E-state index is 13.4. The molecule has 0 saturated heterocycles. The van der Waals surface area contributed by atoms with Crippen molar-refractivity contribution < 1.29 is 19.4 Å². The quantitative estimate of drug-likeness (QED) is 0.160. The molecule has 0 aliphatic rings. The van der Waals surface area contributed by atoms with E-state index in [-0.39, 0.29) is 23.6 Å². The lowest BCUT2D eigenvalue weighted by molar-refractivity contribution is 0.0697. The van der Waals surface area contributed by atoms with Gasteiger partial charge in [-0.1, -0.05) is 41.9 Å². The Morgan fingerprint density at radius 2 is 1.95 bits per heavy atom. The molecule has 0 bridgehead atoms. The summed E-state index contributed by atoms with van der Waals surface area (Å²) in [4.78, 5) is 29.2. The molecule has 0 radical (unpaired) electrons. The van der Waals surface area contributed by atoms with Crippen LogP contribution in [0.4, 0.5) is 0 Å². The highest BCUT2D eigenvalue weighted by molar-refractivity contribution is 14.1. The number of carboxylic acid groups (broad SMARTS) is 1. The number of carbonyl (C=O) groups is 1. The number of benzene rings is 3. The Bertz CT molecular complexity index is 1580. The molecule has 0 saturated carbocycles. The predicted molar refractivity (Wildman–Crippen MR) is 159 cm³/mol. The molecule has 1 aromatic heterocycles. The van der Waals surface area contributed by atoms with E-state index in [4.69, 9.17) is 19.6 Å². The topological polar surface area (TPSA) is 103 Å². The van der Waals surface area contributed by atoms with Crippen LogP contribution in [0.1, 0.15) is 53.5 Å². The molecular weight excluding hydrogens is 665 g/mol. The van der Waals surface area contributed by atoms with Crippen LogP contribution in [0, 0.1) is 3.57 Å². The van der Waals surface area contributed by atoms with Crippen LogP contribution in [0.25, 0.3) is 10.9 Å². The number of ether oxygens (including phenoxy) is 2. The predicted octanol–water partition coefficient (Wildman–Crippen LogP) is 6.45. The lowest BCUT2D eigenvalue weighted by atomic mass is 10.1. The van der Waals surface area contributed by atoms with Gasteiger partial charge in [0.1, 0.15) is 12.4 Å². The molecular formula is C28H25BrIN3O5. The summed E-state index contributed by atoms with van der Waals surface area (Å²) in [6, 6.07) is 15.6. The van der Waals surface area contributed by atoms with E-state index in [2.05, 4.69) is 43.6 Å².